The van der Waals surface area contributed by atoms with E-state index in [1.807, 2.05) is 24.4 Å². The summed E-state index contributed by atoms with van der Waals surface area (Å²) in [7, 11) is 0. The van der Waals surface area contributed by atoms with Gasteiger partial charge in [-0.1, -0.05) is 0 Å². The van der Waals surface area contributed by atoms with E-state index < -0.39 is 0 Å². The van der Waals surface area contributed by atoms with Crippen LogP contribution in [0.4, 0.5) is 0 Å². The van der Waals surface area contributed by atoms with E-state index in [1.165, 1.54) is 37.3 Å². The molecule has 0 radical (unpaired) electrons. The van der Waals surface area contributed by atoms with Crippen molar-refractivity contribution in [3.63, 3.8) is 0 Å². The molecular formula is C17H21N3OS2. The van der Waals surface area contributed by atoms with Crippen molar-refractivity contribution in [3.8, 4) is 9.88 Å². The molecule has 0 aliphatic carbocycles. The largest absolute Gasteiger partial charge is 0.347 e. The van der Waals surface area contributed by atoms with Gasteiger partial charge in [-0.05, 0) is 57.8 Å². The summed E-state index contributed by atoms with van der Waals surface area (Å²) >= 11 is 3.17. The van der Waals surface area contributed by atoms with Crippen LogP contribution in [0.1, 0.15) is 35.1 Å². The number of rotatable bonds is 3. The zero-order chi connectivity index (χ0) is 16.0. The molecule has 5 rings (SSSR count). The summed E-state index contributed by atoms with van der Waals surface area (Å²) in [6.45, 7) is 6.61. The number of thiophene rings is 1. The Morgan fingerprint density at radius 2 is 2.13 bits per heavy atom. The fourth-order valence-corrected chi connectivity index (χ4v) is 5.59. The predicted octanol–water partition coefficient (Wildman–Crippen LogP) is 3.39. The smallest absolute Gasteiger partial charge is 0.261 e. The van der Waals surface area contributed by atoms with Crippen molar-refractivity contribution in [2.24, 2.45) is 5.92 Å². The number of piperidine rings is 3. The molecule has 122 valence electrons. The molecule has 2 atom stereocenters. The van der Waals surface area contributed by atoms with Crippen molar-refractivity contribution >= 4 is 28.6 Å². The van der Waals surface area contributed by atoms with Crippen molar-refractivity contribution in [2.45, 2.75) is 38.8 Å². The van der Waals surface area contributed by atoms with E-state index >= 15 is 0 Å². The van der Waals surface area contributed by atoms with Crippen LogP contribution in [0, 0.1) is 12.8 Å². The predicted molar refractivity (Wildman–Crippen MR) is 95.2 cm³/mol. The number of nitrogens with one attached hydrogen (secondary N) is 1. The number of aromatic nitrogens is 1. The number of hydrogen-bond acceptors (Lipinski definition) is 5. The minimum atomic E-state index is 0.0696. The first-order valence-electron chi connectivity index (χ1n) is 8.19. The van der Waals surface area contributed by atoms with Crippen LogP contribution >= 0.6 is 22.7 Å². The highest BCUT2D eigenvalue weighted by Gasteiger charge is 2.40. The van der Waals surface area contributed by atoms with E-state index in [1.54, 1.807) is 11.3 Å². The summed E-state index contributed by atoms with van der Waals surface area (Å²) in [5.41, 5.74) is 1.03. The van der Waals surface area contributed by atoms with Crippen LogP contribution in [-0.4, -0.2) is 41.0 Å². The van der Waals surface area contributed by atoms with Crippen LogP contribution in [0.2, 0.25) is 0 Å². The lowest BCUT2D eigenvalue weighted by molar-refractivity contribution is 0.0218. The highest BCUT2D eigenvalue weighted by atomic mass is 32.1. The first-order valence-corrected chi connectivity index (χ1v) is 9.88. The van der Waals surface area contributed by atoms with Crippen molar-refractivity contribution in [1.29, 1.82) is 0 Å². The second kappa shape index (κ2) is 6.00. The molecule has 5 heterocycles. The van der Waals surface area contributed by atoms with Gasteiger partial charge in [-0.2, -0.15) is 0 Å². The quantitative estimate of drug-likeness (QED) is 0.926. The molecule has 3 aliphatic heterocycles. The van der Waals surface area contributed by atoms with Crippen LogP contribution < -0.4 is 5.32 Å². The number of hydrogen-bond donors (Lipinski definition) is 1. The number of aryl methyl sites for hydroxylation is 1. The Bertz CT molecular complexity index is 713. The molecule has 3 aliphatic rings. The minimum absolute atomic E-state index is 0.0696. The van der Waals surface area contributed by atoms with Gasteiger partial charge in [0.1, 0.15) is 5.01 Å². The molecule has 0 spiro atoms. The van der Waals surface area contributed by atoms with Crippen molar-refractivity contribution in [1.82, 2.24) is 15.2 Å². The van der Waals surface area contributed by atoms with Crippen LogP contribution in [0.15, 0.2) is 17.5 Å². The molecule has 3 saturated heterocycles. The summed E-state index contributed by atoms with van der Waals surface area (Å²) in [5.74, 6) is 0.708. The van der Waals surface area contributed by atoms with E-state index in [4.69, 9.17) is 0 Å². The van der Waals surface area contributed by atoms with Crippen molar-refractivity contribution < 1.29 is 4.79 Å². The first kappa shape index (κ1) is 15.3. The lowest BCUT2D eigenvalue weighted by Crippen LogP contribution is -2.62. The lowest BCUT2D eigenvalue weighted by atomic mass is 9.79. The van der Waals surface area contributed by atoms with Crippen LogP contribution in [0.5, 0.6) is 0 Å². The van der Waals surface area contributed by atoms with Gasteiger partial charge in [-0.15, -0.1) is 22.7 Å². The monoisotopic (exact) mass is 347 g/mol. The number of carbonyl (C=O) groups excluding carboxylic acids is 1. The average molecular weight is 348 g/mol. The van der Waals surface area contributed by atoms with E-state index in [0.717, 1.165) is 20.5 Å². The third-order valence-corrected chi connectivity index (χ3v) is 7.35. The van der Waals surface area contributed by atoms with Gasteiger partial charge in [0.05, 0.1) is 9.75 Å². The Balaban J connectivity index is 1.48. The fraction of sp³-hybridized carbons (Fsp3) is 0.529. The minimum Gasteiger partial charge on any atom is -0.347 e. The lowest BCUT2D eigenvalue weighted by Gasteiger charge is -2.49. The van der Waals surface area contributed by atoms with Gasteiger partial charge in [0.25, 0.3) is 5.91 Å². The summed E-state index contributed by atoms with van der Waals surface area (Å²) in [5, 5.41) is 6.35. The van der Waals surface area contributed by atoms with Crippen molar-refractivity contribution in [2.75, 3.05) is 13.1 Å². The molecule has 0 saturated carbocycles. The van der Waals surface area contributed by atoms with Crippen LogP contribution in [0.3, 0.4) is 0 Å². The van der Waals surface area contributed by atoms with Gasteiger partial charge in [-0.3, -0.25) is 9.69 Å². The summed E-state index contributed by atoms with van der Waals surface area (Å²) in [4.78, 5) is 21.5. The highest BCUT2D eigenvalue weighted by Crippen LogP contribution is 2.33. The Hall–Kier alpha value is -1.24. The normalized spacial score (nSPS) is 29.7. The van der Waals surface area contributed by atoms with Gasteiger partial charge in [-0.25, -0.2) is 4.98 Å². The standard InChI is InChI=1S/C17H21N3OS2/c1-10-9-22-17(18-10)14-4-3-13(23-14)16(21)19-15-11(2)20-7-5-12(15)6-8-20/h3-4,9,11-12,15H,5-8H2,1-2H3,(H,19,21)/t11-,15-/m0/s1. The second-order valence-electron chi connectivity index (χ2n) is 6.57. The molecule has 0 unspecified atom stereocenters. The maximum absolute atomic E-state index is 12.6. The van der Waals surface area contributed by atoms with Gasteiger partial charge in [0.15, 0.2) is 0 Å². The van der Waals surface area contributed by atoms with Crippen LogP contribution in [0.25, 0.3) is 9.88 Å². The summed E-state index contributed by atoms with van der Waals surface area (Å²) in [6, 6.07) is 4.68. The molecule has 1 N–H and O–H groups in total. The average Bonchev–Trinajstić information content (AvgIpc) is 3.20. The number of carbonyl (C=O) groups is 1. The number of thiazole rings is 1. The Morgan fingerprint density at radius 3 is 2.78 bits per heavy atom. The molecule has 2 bridgehead atoms. The zero-order valence-electron chi connectivity index (χ0n) is 13.4. The van der Waals surface area contributed by atoms with Crippen molar-refractivity contribution in [3.05, 3.63) is 28.1 Å². The van der Waals surface area contributed by atoms with E-state index in [2.05, 4.69) is 22.1 Å². The highest BCUT2D eigenvalue weighted by molar-refractivity contribution is 7.22. The van der Waals surface area contributed by atoms with Gasteiger partial charge in [0.2, 0.25) is 0 Å². The van der Waals surface area contributed by atoms with E-state index in [0.29, 0.717) is 12.0 Å². The number of nitrogens with zero attached hydrogens (tertiary/aromatic N) is 2. The fourth-order valence-electron chi connectivity index (χ4n) is 3.81. The number of amides is 1. The molecule has 2 aromatic rings. The summed E-state index contributed by atoms with van der Waals surface area (Å²) in [6.07, 6.45) is 2.42. The number of fused-ring (bicyclic) bond motifs is 3. The Morgan fingerprint density at radius 1 is 1.35 bits per heavy atom. The van der Waals surface area contributed by atoms with Gasteiger partial charge in [0, 0.05) is 23.2 Å². The SMILES string of the molecule is Cc1csc(-c2ccc(C(=O)N[C@@H]3C4CCN(CC4)[C@H]3C)s2)n1. The maximum Gasteiger partial charge on any atom is 0.261 e. The van der Waals surface area contributed by atoms with Gasteiger partial charge >= 0.3 is 0 Å². The van der Waals surface area contributed by atoms with E-state index in [-0.39, 0.29) is 11.9 Å². The molecule has 1 amide bonds. The molecular weight excluding hydrogens is 326 g/mol. The molecule has 3 fully saturated rings. The molecule has 6 heteroatoms. The topological polar surface area (TPSA) is 45.2 Å². The molecule has 23 heavy (non-hydrogen) atoms. The molecule has 0 aromatic carbocycles. The van der Waals surface area contributed by atoms with Gasteiger partial charge < -0.3 is 5.32 Å². The Kier molecular flexibility index (Phi) is 3.99. The molecule has 2 aromatic heterocycles. The Labute approximate surface area is 144 Å². The zero-order valence-corrected chi connectivity index (χ0v) is 15.0. The third-order valence-electron chi connectivity index (χ3n) is 5.14. The first-order chi connectivity index (χ1) is 11.1. The second-order valence-corrected chi connectivity index (χ2v) is 8.51. The van der Waals surface area contributed by atoms with E-state index in [9.17, 15) is 4.79 Å². The molecule has 4 nitrogen and oxygen atoms in total. The van der Waals surface area contributed by atoms with Crippen LogP contribution in [-0.2, 0) is 0 Å². The summed E-state index contributed by atoms with van der Waals surface area (Å²) < 4.78 is 0. The third kappa shape index (κ3) is 2.84. The maximum atomic E-state index is 12.6.